The molecule has 0 spiro atoms. The third-order valence-corrected chi connectivity index (χ3v) is 4.47. The van der Waals surface area contributed by atoms with E-state index < -0.39 is 11.4 Å². The van der Waals surface area contributed by atoms with E-state index in [2.05, 4.69) is 5.32 Å². The fourth-order valence-corrected chi connectivity index (χ4v) is 3.00. The van der Waals surface area contributed by atoms with Crippen molar-refractivity contribution in [3.8, 4) is 0 Å². The summed E-state index contributed by atoms with van der Waals surface area (Å²) in [6.07, 6.45) is 2.38. The highest BCUT2D eigenvalue weighted by Crippen LogP contribution is 2.38. The fraction of sp³-hybridized carbons (Fsp3) is 0.500. The number of aliphatic carboxylic acids is 1. The normalized spacial score (nSPS) is 24.8. The summed E-state index contributed by atoms with van der Waals surface area (Å²) in [6, 6.07) is 7.25. The Labute approximate surface area is 124 Å². The van der Waals surface area contributed by atoms with Crippen molar-refractivity contribution >= 4 is 11.9 Å². The Morgan fingerprint density at radius 2 is 2.05 bits per heavy atom. The van der Waals surface area contributed by atoms with E-state index in [0.717, 1.165) is 17.5 Å². The number of amides is 1. The Hall–Kier alpha value is -1.88. The molecule has 1 aromatic rings. The molecule has 0 radical (unpaired) electrons. The van der Waals surface area contributed by atoms with Crippen LogP contribution in [0.5, 0.6) is 0 Å². The van der Waals surface area contributed by atoms with Crippen molar-refractivity contribution in [1.82, 2.24) is 5.32 Å². The van der Waals surface area contributed by atoms with Crippen molar-refractivity contribution in [2.24, 2.45) is 11.1 Å². The first-order valence-corrected chi connectivity index (χ1v) is 7.27. The van der Waals surface area contributed by atoms with Crippen LogP contribution < -0.4 is 11.1 Å². The van der Waals surface area contributed by atoms with Crippen molar-refractivity contribution in [3.63, 3.8) is 0 Å². The molecule has 0 heterocycles. The third-order valence-electron chi connectivity index (χ3n) is 4.47. The van der Waals surface area contributed by atoms with Gasteiger partial charge in [0.1, 0.15) is 0 Å². The number of hydrogen-bond acceptors (Lipinski definition) is 3. The number of carboxylic acids is 1. The van der Waals surface area contributed by atoms with Crippen molar-refractivity contribution in [3.05, 3.63) is 35.4 Å². The molecule has 2 rings (SSSR count). The molecule has 2 unspecified atom stereocenters. The molecule has 0 saturated heterocycles. The molecule has 0 bridgehead atoms. The van der Waals surface area contributed by atoms with Crippen molar-refractivity contribution in [2.45, 2.75) is 45.2 Å². The maximum Gasteiger partial charge on any atom is 0.311 e. The molecule has 1 aliphatic rings. The van der Waals surface area contributed by atoms with Crippen LogP contribution in [0, 0.1) is 5.41 Å². The van der Waals surface area contributed by atoms with Gasteiger partial charge in [-0.25, -0.2) is 0 Å². The van der Waals surface area contributed by atoms with E-state index in [1.54, 1.807) is 6.92 Å². The van der Waals surface area contributed by atoms with Gasteiger partial charge < -0.3 is 16.2 Å². The highest BCUT2D eigenvalue weighted by atomic mass is 16.4. The van der Waals surface area contributed by atoms with Crippen molar-refractivity contribution in [1.29, 1.82) is 0 Å². The second-order valence-electron chi connectivity index (χ2n) is 5.88. The van der Waals surface area contributed by atoms with E-state index in [1.165, 1.54) is 0 Å². The van der Waals surface area contributed by atoms with Gasteiger partial charge in [0, 0.05) is 12.6 Å². The van der Waals surface area contributed by atoms with Gasteiger partial charge in [0.25, 0.3) is 0 Å². The zero-order valence-electron chi connectivity index (χ0n) is 12.3. The Kier molecular flexibility index (Phi) is 4.63. The Bertz CT molecular complexity index is 544. The number of benzene rings is 1. The molecule has 1 fully saturated rings. The van der Waals surface area contributed by atoms with Crippen LogP contribution in [-0.2, 0) is 22.6 Å². The monoisotopic (exact) mass is 290 g/mol. The second-order valence-corrected chi connectivity index (χ2v) is 5.88. The van der Waals surface area contributed by atoms with Crippen LogP contribution >= 0.6 is 0 Å². The van der Waals surface area contributed by atoms with Crippen LogP contribution in [0.2, 0.25) is 0 Å². The summed E-state index contributed by atoms with van der Waals surface area (Å²) in [5.41, 5.74) is 6.65. The fourth-order valence-electron chi connectivity index (χ4n) is 3.00. The third kappa shape index (κ3) is 3.24. The lowest BCUT2D eigenvalue weighted by Gasteiger charge is -2.27. The zero-order chi connectivity index (χ0) is 15.5. The number of rotatable bonds is 5. The van der Waals surface area contributed by atoms with Crippen LogP contribution in [0.4, 0.5) is 0 Å². The van der Waals surface area contributed by atoms with Crippen molar-refractivity contribution < 1.29 is 14.7 Å². The van der Waals surface area contributed by atoms with Crippen LogP contribution in [0.3, 0.4) is 0 Å². The van der Waals surface area contributed by atoms with Crippen LogP contribution in [-0.4, -0.2) is 23.0 Å². The van der Waals surface area contributed by atoms with Gasteiger partial charge in [0.2, 0.25) is 5.91 Å². The summed E-state index contributed by atoms with van der Waals surface area (Å²) >= 11 is 0. The summed E-state index contributed by atoms with van der Waals surface area (Å²) in [4.78, 5) is 23.6. The van der Waals surface area contributed by atoms with Gasteiger partial charge in [-0.2, -0.15) is 0 Å². The molecule has 0 aromatic heterocycles. The molecule has 114 valence electrons. The van der Waals surface area contributed by atoms with Gasteiger partial charge >= 0.3 is 5.97 Å². The summed E-state index contributed by atoms with van der Waals surface area (Å²) in [6.45, 7) is 2.10. The number of hydrogen-bond donors (Lipinski definition) is 3. The lowest BCUT2D eigenvalue weighted by Crippen LogP contribution is -2.47. The minimum Gasteiger partial charge on any atom is -0.481 e. The smallest absolute Gasteiger partial charge is 0.311 e. The summed E-state index contributed by atoms with van der Waals surface area (Å²) in [5.74, 6) is -0.983. The average Bonchev–Trinajstić information content (AvgIpc) is 2.82. The number of carboxylic acid groups (broad SMARTS) is 1. The molecule has 1 aromatic carbocycles. The molecule has 1 aliphatic carbocycles. The van der Waals surface area contributed by atoms with Gasteiger partial charge in [0.15, 0.2) is 0 Å². The molecule has 1 saturated carbocycles. The molecule has 5 nitrogen and oxygen atoms in total. The maximum atomic E-state index is 12.2. The van der Waals surface area contributed by atoms with Gasteiger partial charge in [-0.1, -0.05) is 30.7 Å². The molecule has 0 aliphatic heterocycles. The van der Waals surface area contributed by atoms with Crippen LogP contribution in [0.25, 0.3) is 0 Å². The molecule has 4 N–H and O–H groups in total. The summed E-state index contributed by atoms with van der Waals surface area (Å²) < 4.78 is 0. The molecular formula is C16H22N2O3. The minimum absolute atomic E-state index is 0.143. The molecule has 2 atom stereocenters. The Morgan fingerprint density at radius 3 is 2.67 bits per heavy atom. The average molecular weight is 290 g/mol. The van der Waals surface area contributed by atoms with Gasteiger partial charge in [-0.15, -0.1) is 0 Å². The predicted molar refractivity (Wildman–Crippen MR) is 79.6 cm³/mol. The van der Waals surface area contributed by atoms with Gasteiger partial charge in [0.05, 0.1) is 11.8 Å². The van der Waals surface area contributed by atoms with Crippen molar-refractivity contribution in [2.75, 3.05) is 0 Å². The zero-order valence-corrected chi connectivity index (χ0v) is 12.3. The number of nitrogens with one attached hydrogen (secondary N) is 1. The first-order valence-electron chi connectivity index (χ1n) is 7.27. The first kappa shape index (κ1) is 15.5. The lowest BCUT2D eigenvalue weighted by molar-refractivity contribution is -0.149. The highest BCUT2D eigenvalue weighted by Gasteiger charge is 2.45. The lowest BCUT2D eigenvalue weighted by atomic mass is 9.85. The molecule has 1 amide bonds. The first-order chi connectivity index (χ1) is 9.97. The SMILES string of the molecule is CC1(C(=O)O)CCCC1NC(=O)Cc1ccccc1CN. The molecule has 21 heavy (non-hydrogen) atoms. The van der Waals surface area contributed by atoms with Gasteiger partial charge in [-0.05, 0) is 30.9 Å². The number of carbonyl (C=O) groups is 2. The topological polar surface area (TPSA) is 92.4 Å². The Balaban J connectivity index is 2.03. The quantitative estimate of drug-likeness (QED) is 0.765. The Morgan fingerprint density at radius 1 is 1.38 bits per heavy atom. The second kappa shape index (κ2) is 6.26. The molecular weight excluding hydrogens is 268 g/mol. The van der Waals surface area contributed by atoms with E-state index in [9.17, 15) is 14.7 Å². The number of carbonyl (C=O) groups excluding carboxylic acids is 1. The van der Waals surface area contributed by atoms with Crippen LogP contribution in [0.1, 0.15) is 37.3 Å². The minimum atomic E-state index is -0.858. The van der Waals surface area contributed by atoms with Gasteiger partial charge in [-0.3, -0.25) is 9.59 Å². The predicted octanol–water partition coefficient (Wildman–Crippen LogP) is 1.45. The van der Waals surface area contributed by atoms with E-state index in [-0.39, 0.29) is 18.4 Å². The number of nitrogens with two attached hydrogens (primary N) is 1. The molecule has 5 heteroatoms. The standard InChI is InChI=1S/C16H22N2O3/c1-16(15(20)21)8-4-7-13(16)18-14(19)9-11-5-2-3-6-12(11)10-17/h2-3,5-6,13H,4,7-10,17H2,1H3,(H,18,19)(H,20,21). The summed E-state index contributed by atoms with van der Waals surface area (Å²) in [5, 5.41) is 12.2. The maximum absolute atomic E-state index is 12.2. The summed E-state index contributed by atoms with van der Waals surface area (Å²) in [7, 11) is 0. The van der Waals surface area contributed by atoms with E-state index in [4.69, 9.17) is 5.73 Å². The highest BCUT2D eigenvalue weighted by molar-refractivity contribution is 5.81. The van der Waals surface area contributed by atoms with E-state index in [1.807, 2.05) is 24.3 Å². The largest absolute Gasteiger partial charge is 0.481 e. The van der Waals surface area contributed by atoms with E-state index >= 15 is 0 Å². The van der Waals surface area contributed by atoms with E-state index in [0.29, 0.717) is 19.4 Å². The van der Waals surface area contributed by atoms with Crippen LogP contribution in [0.15, 0.2) is 24.3 Å².